The number of fused-ring (bicyclic) bond motifs is 1. The first-order valence-corrected chi connectivity index (χ1v) is 12.0. The van der Waals surface area contributed by atoms with Gasteiger partial charge in [0.15, 0.2) is 15.6 Å². The second-order valence-electron chi connectivity index (χ2n) is 8.31. The van der Waals surface area contributed by atoms with Crippen molar-refractivity contribution in [3.05, 3.63) is 77.2 Å². The summed E-state index contributed by atoms with van der Waals surface area (Å²) < 4.78 is 24.8. The Labute approximate surface area is 177 Å². The molecular weight excluding hydrogens is 396 g/mol. The number of hydrogen-bond acceptors (Lipinski definition) is 4. The van der Waals surface area contributed by atoms with E-state index in [1.807, 2.05) is 30.3 Å². The first kappa shape index (κ1) is 20.5. The van der Waals surface area contributed by atoms with Gasteiger partial charge in [0.1, 0.15) is 0 Å². The van der Waals surface area contributed by atoms with Gasteiger partial charge in [0.05, 0.1) is 16.7 Å². The average molecular weight is 423 g/mol. The van der Waals surface area contributed by atoms with Gasteiger partial charge in [-0.2, -0.15) is 0 Å². The summed E-state index contributed by atoms with van der Waals surface area (Å²) in [6, 6.07) is 13.9. The summed E-state index contributed by atoms with van der Waals surface area (Å²) in [5.41, 5.74) is 5.61. The van der Waals surface area contributed by atoms with E-state index >= 15 is 0 Å². The minimum Gasteiger partial charge on any atom is -0.358 e. The molecule has 5 nitrogen and oxygen atoms in total. The Bertz CT molecular complexity index is 1150. The maximum Gasteiger partial charge on any atom is 0.165 e. The lowest BCUT2D eigenvalue weighted by Crippen LogP contribution is -2.29. The SMILES string of the molecule is CC(C)S(=O)(=O)CC1CC(=O)c2c([nH]c(-c3ccncc3)c2Cc2ccccc2)C1. The van der Waals surface area contributed by atoms with Crippen LogP contribution in [0.15, 0.2) is 54.9 Å². The Balaban J connectivity index is 1.75. The standard InChI is InChI=1S/C24H26N2O3S/c1-16(2)30(28,29)15-18-13-21-23(22(27)14-18)20(12-17-6-4-3-5-7-17)24(26-21)19-8-10-25-11-9-19/h3-11,16,18,26H,12-15H2,1-2H3. The maximum absolute atomic E-state index is 13.2. The topological polar surface area (TPSA) is 79.9 Å². The van der Waals surface area contributed by atoms with Gasteiger partial charge < -0.3 is 4.98 Å². The lowest BCUT2D eigenvalue weighted by Gasteiger charge is -2.22. The first-order valence-electron chi connectivity index (χ1n) is 10.3. The van der Waals surface area contributed by atoms with Crippen molar-refractivity contribution in [2.24, 2.45) is 5.92 Å². The predicted molar refractivity (Wildman–Crippen MR) is 118 cm³/mol. The number of carbonyl (C=O) groups is 1. The van der Waals surface area contributed by atoms with Gasteiger partial charge in [-0.3, -0.25) is 9.78 Å². The van der Waals surface area contributed by atoms with E-state index < -0.39 is 15.1 Å². The van der Waals surface area contributed by atoms with Crippen LogP contribution in [0.3, 0.4) is 0 Å². The lowest BCUT2D eigenvalue weighted by atomic mass is 9.84. The van der Waals surface area contributed by atoms with Gasteiger partial charge in [-0.15, -0.1) is 0 Å². The van der Waals surface area contributed by atoms with E-state index in [0.29, 0.717) is 12.8 Å². The second kappa shape index (κ2) is 8.19. The Hall–Kier alpha value is -2.73. The van der Waals surface area contributed by atoms with E-state index in [0.717, 1.165) is 33.6 Å². The zero-order valence-corrected chi connectivity index (χ0v) is 18.1. The van der Waals surface area contributed by atoms with Crippen LogP contribution >= 0.6 is 0 Å². The van der Waals surface area contributed by atoms with Gasteiger partial charge in [0.25, 0.3) is 0 Å². The summed E-state index contributed by atoms with van der Waals surface area (Å²) in [4.78, 5) is 20.8. The van der Waals surface area contributed by atoms with Gasteiger partial charge in [-0.1, -0.05) is 30.3 Å². The molecule has 4 rings (SSSR count). The molecule has 1 unspecified atom stereocenters. The Morgan fingerprint density at radius 2 is 1.77 bits per heavy atom. The average Bonchev–Trinajstić information content (AvgIpc) is 3.07. The van der Waals surface area contributed by atoms with Crippen molar-refractivity contribution in [2.45, 2.75) is 38.4 Å². The molecule has 0 aliphatic heterocycles. The summed E-state index contributed by atoms with van der Waals surface area (Å²) in [6.07, 6.45) is 4.96. The van der Waals surface area contributed by atoms with Crippen LogP contribution in [-0.4, -0.2) is 35.2 Å². The normalized spacial score (nSPS) is 16.6. The Kier molecular flexibility index (Phi) is 5.60. The fraction of sp³-hybridized carbons (Fsp3) is 0.333. The number of sulfone groups is 1. The summed E-state index contributed by atoms with van der Waals surface area (Å²) in [5, 5.41) is -0.432. The molecule has 1 aliphatic carbocycles. The minimum atomic E-state index is -3.20. The molecule has 2 aromatic heterocycles. The number of Topliss-reactive ketones (excluding diaryl/α,β-unsaturated/α-hetero) is 1. The van der Waals surface area contributed by atoms with Crippen LogP contribution in [0.25, 0.3) is 11.3 Å². The van der Waals surface area contributed by atoms with Gasteiger partial charge >= 0.3 is 0 Å². The van der Waals surface area contributed by atoms with Crippen LogP contribution in [0.5, 0.6) is 0 Å². The maximum atomic E-state index is 13.2. The van der Waals surface area contributed by atoms with Crippen molar-refractivity contribution >= 4 is 15.6 Å². The molecule has 156 valence electrons. The molecule has 3 aromatic rings. The highest BCUT2D eigenvalue weighted by Gasteiger charge is 2.34. The number of aromatic nitrogens is 2. The molecule has 0 amide bonds. The number of hydrogen-bond donors (Lipinski definition) is 1. The third kappa shape index (κ3) is 4.10. The van der Waals surface area contributed by atoms with Gasteiger partial charge in [-0.25, -0.2) is 8.42 Å². The lowest BCUT2D eigenvalue weighted by molar-refractivity contribution is 0.0953. The van der Waals surface area contributed by atoms with Crippen molar-refractivity contribution in [3.8, 4) is 11.3 Å². The molecule has 0 saturated heterocycles. The quantitative estimate of drug-likeness (QED) is 0.644. The molecule has 0 fully saturated rings. The third-order valence-electron chi connectivity index (χ3n) is 5.81. The molecule has 1 aromatic carbocycles. The highest BCUT2D eigenvalue weighted by atomic mass is 32.2. The van der Waals surface area contributed by atoms with Crippen LogP contribution in [0.1, 0.15) is 47.4 Å². The highest BCUT2D eigenvalue weighted by Crippen LogP contribution is 2.36. The van der Waals surface area contributed by atoms with E-state index in [2.05, 4.69) is 22.1 Å². The molecule has 1 N–H and O–H groups in total. The molecule has 1 aliphatic rings. The predicted octanol–water partition coefficient (Wildman–Crippen LogP) is 4.24. The van der Waals surface area contributed by atoms with E-state index in [1.165, 1.54) is 0 Å². The van der Waals surface area contributed by atoms with Crippen LogP contribution in [0.2, 0.25) is 0 Å². The Morgan fingerprint density at radius 1 is 1.07 bits per heavy atom. The number of nitrogens with zero attached hydrogens (tertiary/aromatic N) is 1. The van der Waals surface area contributed by atoms with E-state index in [9.17, 15) is 13.2 Å². The Morgan fingerprint density at radius 3 is 2.43 bits per heavy atom. The number of aromatic amines is 1. The largest absolute Gasteiger partial charge is 0.358 e. The van der Waals surface area contributed by atoms with Crippen LogP contribution in [0, 0.1) is 5.92 Å². The zero-order valence-electron chi connectivity index (χ0n) is 17.3. The van der Waals surface area contributed by atoms with Gasteiger partial charge in [0.2, 0.25) is 0 Å². The number of pyridine rings is 1. The van der Waals surface area contributed by atoms with Crippen LogP contribution in [0.4, 0.5) is 0 Å². The molecule has 0 spiro atoms. The van der Waals surface area contributed by atoms with Crippen LogP contribution < -0.4 is 0 Å². The number of rotatable bonds is 6. The zero-order chi connectivity index (χ0) is 21.3. The monoisotopic (exact) mass is 422 g/mol. The van der Waals surface area contributed by atoms with Gasteiger partial charge in [0, 0.05) is 42.1 Å². The highest BCUT2D eigenvalue weighted by molar-refractivity contribution is 7.91. The molecule has 30 heavy (non-hydrogen) atoms. The molecule has 6 heteroatoms. The first-order chi connectivity index (χ1) is 14.3. The number of carbonyl (C=O) groups excluding carboxylic acids is 1. The summed E-state index contributed by atoms with van der Waals surface area (Å²) in [7, 11) is -3.20. The van der Waals surface area contributed by atoms with Crippen molar-refractivity contribution in [1.29, 1.82) is 0 Å². The third-order valence-corrected chi connectivity index (χ3v) is 8.18. The second-order valence-corrected chi connectivity index (χ2v) is 10.9. The van der Waals surface area contributed by atoms with Crippen molar-refractivity contribution < 1.29 is 13.2 Å². The van der Waals surface area contributed by atoms with E-state index in [1.54, 1.807) is 26.2 Å². The molecule has 0 saturated carbocycles. The van der Waals surface area contributed by atoms with Crippen molar-refractivity contribution in [1.82, 2.24) is 9.97 Å². The molecule has 0 bridgehead atoms. The fourth-order valence-electron chi connectivity index (χ4n) is 4.19. The minimum absolute atomic E-state index is 0.0303. The number of nitrogens with one attached hydrogen (secondary N) is 1. The van der Waals surface area contributed by atoms with E-state index in [4.69, 9.17) is 0 Å². The molecule has 0 radical (unpaired) electrons. The van der Waals surface area contributed by atoms with Crippen molar-refractivity contribution in [2.75, 3.05) is 5.75 Å². The van der Waals surface area contributed by atoms with Crippen molar-refractivity contribution in [3.63, 3.8) is 0 Å². The molecular formula is C24H26N2O3S. The molecule has 2 heterocycles. The number of H-pyrrole nitrogens is 1. The summed E-state index contributed by atoms with van der Waals surface area (Å²) in [6.45, 7) is 3.39. The van der Waals surface area contributed by atoms with Gasteiger partial charge in [-0.05, 0) is 49.4 Å². The number of ketones is 1. The smallest absolute Gasteiger partial charge is 0.165 e. The summed E-state index contributed by atoms with van der Waals surface area (Å²) >= 11 is 0. The van der Waals surface area contributed by atoms with Crippen LogP contribution in [-0.2, 0) is 22.7 Å². The fourth-order valence-corrected chi connectivity index (χ4v) is 5.47. The van der Waals surface area contributed by atoms with E-state index in [-0.39, 0.29) is 23.9 Å². The number of benzene rings is 1. The molecule has 1 atom stereocenters. The summed E-state index contributed by atoms with van der Waals surface area (Å²) in [5.74, 6) is -0.110.